The second-order valence-corrected chi connectivity index (χ2v) is 68.8. The van der Waals surface area contributed by atoms with Crippen LogP contribution in [-0.4, -0.2) is 221 Å². The first kappa shape index (κ1) is 127. The Morgan fingerprint density at radius 1 is 0.183 bits per heavy atom. The normalized spacial score (nSPS) is 21.4. The third-order valence-electron chi connectivity index (χ3n) is 22.5. The molecule has 6 atom stereocenters. The van der Waals surface area contributed by atoms with Crippen LogP contribution in [-0.2, 0) is 79.7 Å². The molecule has 0 aromatic carbocycles. The maximum Gasteiger partial charge on any atom is 0.500 e. The van der Waals surface area contributed by atoms with Crippen molar-refractivity contribution in [1.82, 2.24) is 0 Å². The van der Waals surface area contributed by atoms with Crippen molar-refractivity contribution in [2.24, 2.45) is 16.2 Å². The molecule has 0 aromatic rings. The van der Waals surface area contributed by atoms with Crippen molar-refractivity contribution in [2.75, 3.05) is 119 Å². The van der Waals surface area contributed by atoms with Crippen LogP contribution >= 0.6 is 303 Å². The van der Waals surface area contributed by atoms with Gasteiger partial charge in [0.05, 0.1) is 28.5 Å². The third kappa shape index (κ3) is 29.1. The lowest BCUT2D eigenvalue weighted by Crippen LogP contribution is -2.93. The highest BCUT2D eigenvalue weighted by molar-refractivity contribution is 8.21. The molecule has 1 rings (SSSR count). The van der Waals surface area contributed by atoms with Crippen molar-refractivity contribution in [3.05, 3.63) is 0 Å². The van der Waals surface area contributed by atoms with E-state index in [1.54, 1.807) is 0 Å². The first-order valence-electron chi connectivity index (χ1n) is 42.4. The molecule has 720 valence electrons. The summed E-state index contributed by atoms with van der Waals surface area (Å²) in [6.07, 6.45) is 0.553. The molecule has 0 amide bonds. The Morgan fingerprint density at radius 3 is 0.392 bits per heavy atom. The van der Waals surface area contributed by atoms with Crippen LogP contribution in [0.3, 0.4) is 0 Å². The molecule has 0 heterocycles. The first-order valence-corrected chi connectivity index (χ1v) is 64.7. The fourth-order valence-electron chi connectivity index (χ4n) is 19.1. The van der Waals surface area contributed by atoms with Crippen molar-refractivity contribution in [2.45, 2.75) is 306 Å². The van der Waals surface area contributed by atoms with E-state index in [-0.39, 0.29) is 252 Å². The summed E-state index contributed by atoms with van der Waals surface area (Å²) in [6.45, 7) is 39.0. The zero-order valence-corrected chi connectivity index (χ0v) is 102. The van der Waals surface area contributed by atoms with E-state index in [0.717, 1.165) is 0 Å². The summed E-state index contributed by atoms with van der Waals surface area (Å²) in [7, 11) is -22.4. The fourth-order valence-corrected chi connectivity index (χ4v) is 44.3. The average Bonchev–Trinajstić information content (AvgIpc) is 0.609. The van der Waals surface area contributed by atoms with E-state index in [1.807, 2.05) is 125 Å². The van der Waals surface area contributed by atoms with E-state index < -0.39 is 118 Å². The fraction of sp³-hybridized carbons (Fsp3) is 1.00. The van der Waals surface area contributed by atoms with Crippen molar-refractivity contribution < 1.29 is 79.7 Å². The lowest BCUT2D eigenvalue weighted by atomic mass is 9.27. The molecule has 1 aliphatic carbocycles. The quantitative estimate of drug-likeness (QED) is 0.0158. The molecular formula is C72H156O18S24Si6. The Balaban J connectivity index is 7.20. The van der Waals surface area contributed by atoms with E-state index in [4.69, 9.17) is 383 Å². The topological polar surface area (TPSA) is 166 Å². The molecule has 48 heteroatoms. The molecule has 0 radical (unpaired) electrons. The number of rotatable bonds is 72. The van der Waals surface area contributed by atoms with Crippen LogP contribution in [0.2, 0.25) is 36.3 Å². The Bertz CT molecular complexity index is 2460. The van der Waals surface area contributed by atoms with Gasteiger partial charge in [0.25, 0.3) is 0 Å². The molecule has 1 aliphatic rings. The lowest BCUT2D eigenvalue weighted by Gasteiger charge is -2.88. The van der Waals surface area contributed by atoms with Crippen molar-refractivity contribution in [3.8, 4) is 0 Å². The molecular weight excluding hydrogens is 2090 g/mol. The van der Waals surface area contributed by atoms with Crippen LogP contribution in [0.15, 0.2) is 0 Å². The summed E-state index contributed by atoms with van der Waals surface area (Å²) in [5.41, 5.74) is -6.97. The van der Waals surface area contributed by atoms with E-state index in [2.05, 4.69) is 0 Å². The zero-order valence-electron chi connectivity index (χ0n) is 74.2. The van der Waals surface area contributed by atoms with E-state index >= 15 is 0 Å². The van der Waals surface area contributed by atoms with Crippen LogP contribution in [0.1, 0.15) is 221 Å². The molecule has 0 N–H and O–H groups in total. The van der Waals surface area contributed by atoms with Gasteiger partial charge in [-0.15, -0.1) is 227 Å². The number of hydrogen-bond acceptors (Lipinski definition) is 42. The van der Waals surface area contributed by atoms with Gasteiger partial charge in [0, 0.05) is 171 Å². The van der Waals surface area contributed by atoms with E-state index in [0.29, 0.717) is 0 Å². The van der Waals surface area contributed by atoms with Gasteiger partial charge < -0.3 is 79.7 Å². The first-order chi connectivity index (χ1) is 55.5. The number of hydrogen-bond donors (Lipinski definition) is 24. The minimum atomic E-state index is -3.78. The van der Waals surface area contributed by atoms with Crippen LogP contribution in [0, 0.1) is 16.2 Å². The Morgan fingerprint density at radius 2 is 0.292 bits per heavy atom. The highest BCUT2D eigenvalue weighted by Crippen LogP contribution is 2.93. The molecule has 0 aliphatic heterocycles. The van der Waals surface area contributed by atoms with Gasteiger partial charge in [0.2, 0.25) is 0 Å². The van der Waals surface area contributed by atoms with Crippen LogP contribution in [0.5, 0.6) is 0 Å². The molecule has 1 fully saturated rings. The van der Waals surface area contributed by atoms with Crippen molar-refractivity contribution in [1.29, 1.82) is 0 Å². The molecule has 6 unspecified atom stereocenters. The van der Waals surface area contributed by atoms with Crippen LogP contribution in [0.25, 0.3) is 0 Å². The lowest BCUT2D eigenvalue weighted by molar-refractivity contribution is -0.237. The Kier molecular flexibility index (Phi) is 59.3. The summed E-state index contributed by atoms with van der Waals surface area (Å²) >= 11 is 149. The maximum absolute atomic E-state index is 6.94. The smallest absolute Gasteiger partial charge is 0.374 e. The Labute approximate surface area is 866 Å². The molecule has 120 heavy (non-hydrogen) atoms. The second-order valence-electron chi connectivity index (χ2n) is 29.4. The molecule has 1 saturated carbocycles. The van der Waals surface area contributed by atoms with Gasteiger partial charge in [0.15, 0.2) is 0 Å². The van der Waals surface area contributed by atoms with Crippen LogP contribution < -0.4 is 0 Å². The van der Waals surface area contributed by atoms with Crippen molar-refractivity contribution in [3.63, 3.8) is 0 Å². The van der Waals surface area contributed by atoms with Gasteiger partial charge in [-0.3, -0.25) is 0 Å². The van der Waals surface area contributed by atoms with Gasteiger partial charge in [0.1, 0.15) is 20.5 Å². The monoisotopic (exact) mass is 2240 g/mol. The zero-order chi connectivity index (χ0) is 92.8. The van der Waals surface area contributed by atoms with Gasteiger partial charge >= 0.3 is 52.8 Å². The minimum Gasteiger partial charge on any atom is -0.374 e. The summed E-state index contributed by atoms with van der Waals surface area (Å²) in [5.74, 6) is 0. The summed E-state index contributed by atoms with van der Waals surface area (Å²) < 4.78 is 97.8. The molecule has 0 bridgehead atoms. The Hall–Kier alpha value is 8.98. The second kappa shape index (κ2) is 56.0. The molecule has 0 saturated heterocycles. The summed E-state index contributed by atoms with van der Waals surface area (Å²) in [4.78, 5) is 0. The molecule has 0 spiro atoms. The highest BCUT2D eigenvalue weighted by Gasteiger charge is 2.95. The number of thiol groups is 24. The van der Waals surface area contributed by atoms with Gasteiger partial charge in [-0.05, 0) is 215 Å². The maximum atomic E-state index is 6.94. The SMILES string of the molecule is CCO[Si](CCCC(S)(C(S)(S)S)C1(C(S)(CCC[Si](OCC)(OCC)OCC)C(S)(S)S)CCCC(C(S)(CCC[Si](OCC)(OCC)OCC)C(S)(S)S)(C(S)(CCC[Si](OCC)(OCC)OCC)C(S)(S)S)C1(C(S)(CCC[Si](OCC)(OCC)OCC)C(S)(S)S)C(S)(CCC[Si](OCC)(OCC)OCC)C(S)(S)S)(OCC)OCC. The standard InChI is InChI=1S/C72H156O18S24Si6/c1-19-73-115(74-20-2,75-21-3)52-38-46-60(91,67(97,98)99)58(61(92,68(100,101)102)47-39-53-116(76-22-4,77-23-5)78-24-6)44-37-45-59(62(93,69(103,104)105)48-40-54-117(79-25-7,80-26-8)81-27-9,63(94,70(106,107)108)49-41-55-118(82-28-10,83-29-11)84-30-12)66(58,64(95,71(109,110)111)50-42-56-119(85-31-13,86-32-14)87-33-15)65(96,72(112,113)114)51-43-57-120(88-34-16,89-35-17)90-36-18/h91-114H,19-57H2,1-18H3. The molecule has 0 aromatic heterocycles. The van der Waals surface area contributed by atoms with Gasteiger partial charge in [-0.1, -0.05) is 6.42 Å². The summed E-state index contributed by atoms with van der Waals surface area (Å²) in [6, 6.07) is 1.13. The largest absolute Gasteiger partial charge is 0.500 e. The molecule has 18 nitrogen and oxygen atoms in total. The summed E-state index contributed by atoms with van der Waals surface area (Å²) in [5, 5.41) is 0. The third-order valence-corrected chi connectivity index (χ3v) is 57.0. The predicted octanol–water partition coefficient (Wildman–Crippen LogP) is 21.8. The highest BCUT2D eigenvalue weighted by atomic mass is 32.2. The predicted molar refractivity (Wildman–Crippen MR) is 598 cm³/mol. The van der Waals surface area contributed by atoms with Gasteiger partial charge in [-0.2, -0.15) is 75.8 Å². The van der Waals surface area contributed by atoms with E-state index in [1.165, 1.54) is 0 Å². The average molecular weight is 2250 g/mol. The van der Waals surface area contributed by atoms with Crippen molar-refractivity contribution >= 4 is 356 Å². The van der Waals surface area contributed by atoms with E-state index in [9.17, 15) is 0 Å². The minimum absolute atomic E-state index is 0.0355. The van der Waals surface area contributed by atoms with Gasteiger partial charge in [-0.25, -0.2) is 0 Å². The van der Waals surface area contributed by atoms with Crippen LogP contribution in [0.4, 0.5) is 0 Å².